The highest BCUT2D eigenvalue weighted by Crippen LogP contribution is 2.30. The van der Waals surface area contributed by atoms with Gasteiger partial charge >= 0.3 is 0 Å². The topological polar surface area (TPSA) is 50.3 Å². The molecule has 124 valence electrons. The van der Waals surface area contributed by atoms with Gasteiger partial charge in [-0.3, -0.25) is 0 Å². The highest BCUT2D eigenvalue weighted by molar-refractivity contribution is 6.18. The molecule has 0 unspecified atom stereocenters. The van der Waals surface area contributed by atoms with E-state index in [9.17, 15) is 0 Å². The largest absolute Gasteiger partial charge is 0.497 e. The van der Waals surface area contributed by atoms with Gasteiger partial charge in [-0.15, -0.1) is 11.6 Å². The van der Waals surface area contributed by atoms with Gasteiger partial charge in [0.1, 0.15) is 11.6 Å². The van der Waals surface area contributed by atoms with Gasteiger partial charge < -0.3 is 15.0 Å². The number of hydrogen-bond acceptors (Lipinski definition) is 5. The number of ether oxygens (including phenoxy) is 1. The smallest absolute Gasteiger partial charge is 0.225 e. The van der Waals surface area contributed by atoms with Gasteiger partial charge in [-0.2, -0.15) is 4.98 Å². The number of halogens is 1. The number of rotatable bonds is 6. The van der Waals surface area contributed by atoms with Crippen molar-refractivity contribution < 1.29 is 4.74 Å². The fourth-order valence-corrected chi connectivity index (χ4v) is 2.58. The Balaban J connectivity index is 2.04. The van der Waals surface area contributed by atoms with Crippen LogP contribution in [0, 0.1) is 0 Å². The van der Waals surface area contributed by atoms with Crippen LogP contribution in [0.15, 0.2) is 48.5 Å². The van der Waals surface area contributed by atoms with Crippen molar-refractivity contribution in [1.29, 1.82) is 0 Å². The molecule has 1 aromatic heterocycles. The number of para-hydroxylation sites is 1. The molecule has 0 bridgehead atoms. The zero-order chi connectivity index (χ0) is 16.9. The maximum Gasteiger partial charge on any atom is 0.225 e. The first kappa shape index (κ1) is 16.3. The molecule has 3 rings (SSSR count). The predicted molar refractivity (Wildman–Crippen MR) is 99.8 cm³/mol. The van der Waals surface area contributed by atoms with E-state index in [1.54, 1.807) is 7.11 Å². The Morgan fingerprint density at radius 3 is 2.54 bits per heavy atom. The van der Waals surface area contributed by atoms with Crippen LogP contribution in [-0.4, -0.2) is 36.6 Å². The number of nitrogens with zero attached hydrogens (tertiary/aromatic N) is 3. The average Bonchev–Trinajstić information content (AvgIpc) is 2.65. The molecular formula is C18H19ClN4O. The van der Waals surface area contributed by atoms with Gasteiger partial charge in [-0.1, -0.05) is 12.1 Å². The van der Waals surface area contributed by atoms with Gasteiger partial charge in [-0.05, 0) is 36.4 Å². The summed E-state index contributed by atoms with van der Waals surface area (Å²) < 4.78 is 5.22. The van der Waals surface area contributed by atoms with Crippen LogP contribution in [0.25, 0.3) is 10.9 Å². The number of alkyl halides is 1. The molecule has 2 aromatic carbocycles. The molecule has 0 amide bonds. The molecule has 0 atom stereocenters. The summed E-state index contributed by atoms with van der Waals surface area (Å²) in [6.45, 7) is 0.617. The van der Waals surface area contributed by atoms with E-state index in [2.05, 4.69) is 15.3 Å². The van der Waals surface area contributed by atoms with Crippen molar-refractivity contribution in [2.24, 2.45) is 0 Å². The highest BCUT2D eigenvalue weighted by Gasteiger charge is 2.13. The molecule has 1 heterocycles. The molecule has 0 saturated heterocycles. The molecule has 6 heteroatoms. The molecule has 0 radical (unpaired) electrons. The number of methoxy groups -OCH3 is 1. The molecule has 1 N–H and O–H groups in total. The zero-order valence-corrected chi connectivity index (χ0v) is 14.4. The molecule has 0 fully saturated rings. The van der Waals surface area contributed by atoms with Crippen LogP contribution >= 0.6 is 11.6 Å². The van der Waals surface area contributed by atoms with E-state index < -0.39 is 0 Å². The average molecular weight is 343 g/mol. The fraction of sp³-hybridized carbons (Fsp3) is 0.222. The number of hydrogen-bond donors (Lipinski definition) is 1. The van der Waals surface area contributed by atoms with Gasteiger partial charge in [0, 0.05) is 30.5 Å². The van der Waals surface area contributed by atoms with Crippen LogP contribution in [0.4, 0.5) is 17.5 Å². The zero-order valence-electron chi connectivity index (χ0n) is 13.7. The maximum absolute atomic E-state index is 5.76. The van der Waals surface area contributed by atoms with Crippen molar-refractivity contribution in [1.82, 2.24) is 9.97 Å². The number of benzene rings is 2. The normalized spacial score (nSPS) is 10.6. The number of anilines is 3. The second kappa shape index (κ2) is 7.36. The van der Waals surface area contributed by atoms with Gasteiger partial charge in [-0.25, -0.2) is 4.98 Å². The van der Waals surface area contributed by atoms with E-state index >= 15 is 0 Å². The second-order valence-electron chi connectivity index (χ2n) is 5.26. The molecule has 0 saturated carbocycles. The first-order chi connectivity index (χ1) is 11.7. The van der Waals surface area contributed by atoms with Crippen molar-refractivity contribution in [3.05, 3.63) is 48.5 Å². The van der Waals surface area contributed by atoms with Crippen LogP contribution in [0.5, 0.6) is 5.75 Å². The van der Waals surface area contributed by atoms with Crippen LogP contribution in [-0.2, 0) is 0 Å². The highest BCUT2D eigenvalue weighted by atomic mass is 35.5. The van der Waals surface area contributed by atoms with Crippen molar-refractivity contribution in [2.75, 3.05) is 36.8 Å². The van der Waals surface area contributed by atoms with Gasteiger partial charge in [0.25, 0.3) is 0 Å². The van der Waals surface area contributed by atoms with Crippen LogP contribution in [0.1, 0.15) is 0 Å². The van der Waals surface area contributed by atoms with Gasteiger partial charge in [0.05, 0.1) is 12.6 Å². The summed E-state index contributed by atoms with van der Waals surface area (Å²) in [5.74, 6) is 2.73. The fourth-order valence-electron chi connectivity index (χ4n) is 2.48. The lowest BCUT2D eigenvalue weighted by Gasteiger charge is -2.21. The van der Waals surface area contributed by atoms with Crippen molar-refractivity contribution in [2.45, 2.75) is 0 Å². The van der Waals surface area contributed by atoms with Crippen molar-refractivity contribution >= 4 is 40.0 Å². The molecule has 0 aliphatic rings. The number of fused-ring (bicyclic) bond motifs is 1. The summed E-state index contributed by atoms with van der Waals surface area (Å²) in [6, 6.07) is 15.8. The molecule has 0 aliphatic carbocycles. The third-order valence-corrected chi connectivity index (χ3v) is 3.93. The molecule has 0 aliphatic heterocycles. The Bertz CT molecular complexity index is 823. The SMILES string of the molecule is COc1ccc(N(C)c2nc(NCCCl)nc3ccccc23)cc1. The summed E-state index contributed by atoms with van der Waals surface area (Å²) >= 11 is 5.76. The van der Waals surface area contributed by atoms with E-state index in [1.165, 1.54) is 0 Å². The van der Waals surface area contributed by atoms with Crippen LogP contribution in [0.2, 0.25) is 0 Å². The minimum atomic E-state index is 0.500. The van der Waals surface area contributed by atoms with Crippen LogP contribution < -0.4 is 15.0 Å². The summed E-state index contributed by atoms with van der Waals surface area (Å²) in [6.07, 6.45) is 0. The van der Waals surface area contributed by atoms with E-state index in [1.807, 2.05) is 60.5 Å². The maximum atomic E-state index is 5.76. The first-order valence-electron chi connectivity index (χ1n) is 7.67. The Morgan fingerprint density at radius 2 is 1.83 bits per heavy atom. The van der Waals surface area contributed by atoms with E-state index in [4.69, 9.17) is 16.3 Å². The van der Waals surface area contributed by atoms with Gasteiger partial charge in [0.2, 0.25) is 5.95 Å². The third-order valence-electron chi connectivity index (χ3n) is 3.74. The molecule has 3 aromatic rings. The van der Waals surface area contributed by atoms with Crippen molar-refractivity contribution in [3.8, 4) is 5.75 Å². The summed E-state index contributed by atoms with van der Waals surface area (Å²) in [7, 11) is 3.65. The summed E-state index contributed by atoms with van der Waals surface area (Å²) in [5, 5.41) is 4.14. The minimum Gasteiger partial charge on any atom is -0.497 e. The van der Waals surface area contributed by atoms with E-state index in [0.29, 0.717) is 18.4 Å². The number of aromatic nitrogens is 2. The Hall–Kier alpha value is -2.53. The van der Waals surface area contributed by atoms with Crippen LogP contribution in [0.3, 0.4) is 0 Å². The lowest BCUT2D eigenvalue weighted by Crippen LogP contribution is -2.14. The molecule has 5 nitrogen and oxygen atoms in total. The van der Waals surface area contributed by atoms with Crippen molar-refractivity contribution in [3.63, 3.8) is 0 Å². The molecular weight excluding hydrogens is 324 g/mol. The molecule has 24 heavy (non-hydrogen) atoms. The van der Waals surface area contributed by atoms with Gasteiger partial charge in [0.15, 0.2) is 0 Å². The lowest BCUT2D eigenvalue weighted by molar-refractivity contribution is 0.415. The van der Waals surface area contributed by atoms with E-state index in [-0.39, 0.29) is 0 Å². The summed E-state index contributed by atoms with van der Waals surface area (Å²) in [5.41, 5.74) is 1.91. The number of nitrogens with one attached hydrogen (secondary N) is 1. The second-order valence-corrected chi connectivity index (χ2v) is 5.64. The standard InChI is InChI=1S/C18H19ClN4O/c1-23(13-7-9-14(24-2)10-8-13)17-15-5-3-4-6-16(15)21-18(22-17)20-12-11-19/h3-10H,11-12H2,1-2H3,(H,20,21,22). The first-order valence-corrected chi connectivity index (χ1v) is 8.21. The van der Waals surface area contributed by atoms with E-state index in [0.717, 1.165) is 28.2 Å². The minimum absolute atomic E-state index is 0.500. The lowest BCUT2D eigenvalue weighted by atomic mass is 10.2. The summed E-state index contributed by atoms with van der Waals surface area (Å²) in [4.78, 5) is 11.3. The third kappa shape index (κ3) is 3.36. The Labute approximate surface area is 146 Å². The monoisotopic (exact) mass is 342 g/mol. The Morgan fingerprint density at radius 1 is 1.08 bits per heavy atom. The quantitative estimate of drug-likeness (QED) is 0.685. The predicted octanol–water partition coefficient (Wildman–Crippen LogP) is 4.06. The Kier molecular flexibility index (Phi) is 5.01. The molecule has 0 spiro atoms.